The molecule has 0 saturated carbocycles. The van der Waals surface area contributed by atoms with Crippen molar-refractivity contribution in [1.29, 1.82) is 0 Å². The number of hydrogen-bond donors (Lipinski definition) is 0. The van der Waals surface area contributed by atoms with Crippen LogP contribution in [0.2, 0.25) is 0 Å². The van der Waals surface area contributed by atoms with Gasteiger partial charge < -0.3 is 14.4 Å². The number of ether oxygens (including phenoxy) is 2. The van der Waals surface area contributed by atoms with E-state index >= 15 is 0 Å². The van der Waals surface area contributed by atoms with Gasteiger partial charge in [0.1, 0.15) is 11.6 Å². The van der Waals surface area contributed by atoms with E-state index in [1.165, 1.54) is 12.1 Å². The number of nitrogens with zero attached hydrogens (tertiary/aromatic N) is 2. The van der Waals surface area contributed by atoms with Crippen molar-refractivity contribution in [3.05, 3.63) is 65.5 Å². The van der Waals surface area contributed by atoms with E-state index in [-0.39, 0.29) is 18.3 Å². The van der Waals surface area contributed by atoms with Gasteiger partial charge in [-0.15, -0.1) is 0 Å². The maximum atomic E-state index is 13.1. The van der Waals surface area contributed by atoms with Gasteiger partial charge in [-0.25, -0.2) is 9.37 Å². The van der Waals surface area contributed by atoms with Crippen molar-refractivity contribution in [2.45, 2.75) is 20.0 Å². The van der Waals surface area contributed by atoms with E-state index in [0.29, 0.717) is 25.6 Å². The lowest BCUT2D eigenvalue weighted by molar-refractivity contribution is -0.133. The van der Waals surface area contributed by atoms with E-state index in [1.54, 1.807) is 17.0 Å². The Kier molecular flexibility index (Phi) is 4.62. The molecule has 0 unspecified atom stereocenters. The molecule has 0 bridgehead atoms. The van der Waals surface area contributed by atoms with Gasteiger partial charge in [-0.2, -0.15) is 0 Å². The van der Waals surface area contributed by atoms with Gasteiger partial charge in [0.2, 0.25) is 5.88 Å². The van der Waals surface area contributed by atoms with Crippen LogP contribution in [0.1, 0.15) is 18.1 Å². The molecule has 138 valence electrons. The van der Waals surface area contributed by atoms with Crippen LogP contribution in [-0.4, -0.2) is 29.0 Å². The van der Waals surface area contributed by atoms with Crippen molar-refractivity contribution in [1.82, 2.24) is 9.88 Å². The lowest BCUT2D eigenvalue weighted by atomic mass is 10.1. The van der Waals surface area contributed by atoms with Crippen molar-refractivity contribution in [3.8, 4) is 11.6 Å². The first-order valence-corrected chi connectivity index (χ1v) is 8.84. The SMILES string of the molecule is CCOc1ccc2nc3c(cc2c1)CN(Cc1ccc(F)cc1)C(=O)CO3. The summed E-state index contributed by atoms with van der Waals surface area (Å²) in [6.07, 6.45) is 0. The average Bonchev–Trinajstić information content (AvgIpc) is 2.81. The van der Waals surface area contributed by atoms with Crippen LogP contribution in [0.4, 0.5) is 4.39 Å². The molecule has 1 aliphatic rings. The van der Waals surface area contributed by atoms with Crippen molar-refractivity contribution in [2.24, 2.45) is 0 Å². The van der Waals surface area contributed by atoms with Crippen LogP contribution < -0.4 is 9.47 Å². The average molecular weight is 366 g/mol. The van der Waals surface area contributed by atoms with Crippen LogP contribution in [0.3, 0.4) is 0 Å². The zero-order valence-corrected chi connectivity index (χ0v) is 14.9. The second kappa shape index (κ2) is 7.23. The summed E-state index contributed by atoms with van der Waals surface area (Å²) in [5.74, 6) is 0.828. The summed E-state index contributed by atoms with van der Waals surface area (Å²) in [6.45, 7) is 3.23. The predicted octanol–water partition coefficient (Wildman–Crippen LogP) is 3.69. The molecule has 0 spiro atoms. The minimum Gasteiger partial charge on any atom is -0.494 e. The topological polar surface area (TPSA) is 51.7 Å². The Labute approximate surface area is 156 Å². The van der Waals surface area contributed by atoms with E-state index in [0.717, 1.165) is 27.8 Å². The van der Waals surface area contributed by atoms with Crippen LogP contribution in [0.15, 0.2) is 48.5 Å². The molecular weight excluding hydrogens is 347 g/mol. The summed E-state index contributed by atoms with van der Waals surface area (Å²) < 4.78 is 24.3. The number of benzene rings is 2. The first-order valence-electron chi connectivity index (χ1n) is 8.84. The Hall–Kier alpha value is -3.15. The van der Waals surface area contributed by atoms with Gasteiger partial charge in [0, 0.05) is 17.5 Å². The first kappa shape index (κ1) is 17.3. The summed E-state index contributed by atoms with van der Waals surface area (Å²) in [4.78, 5) is 18.7. The van der Waals surface area contributed by atoms with Gasteiger partial charge in [-0.1, -0.05) is 12.1 Å². The van der Waals surface area contributed by atoms with E-state index < -0.39 is 0 Å². The quantitative estimate of drug-likeness (QED) is 0.707. The molecule has 4 rings (SSSR count). The third-order valence-corrected chi connectivity index (χ3v) is 4.47. The largest absolute Gasteiger partial charge is 0.494 e. The molecule has 5 nitrogen and oxygen atoms in total. The summed E-state index contributed by atoms with van der Waals surface area (Å²) in [5, 5.41) is 0.930. The fourth-order valence-electron chi connectivity index (χ4n) is 3.14. The highest BCUT2D eigenvalue weighted by atomic mass is 19.1. The van der Waals surface area contributed by atoms with E-state index in [2.05, 4.69) is 4.98 Å². The maximum Gasteiger partial charge on any atom is 0.261 e. The molecule has 0 atom stereocenters. The van der Waals surface area contributed by atoms with Gasteiger partial charge in [0.05, 0.1) is 18.7 Å². The van der Waals surface area contributed by atoms with Crippen LogP contribution in [0.5, 0.6) is 11.6 Å². The second-order valence-electron chi connectivity index (χ2n) is 6.41. The Morgan fingerprint density at radius 1 is 1.19 bits per heavy atom. The number of rotatable bonds is 4. The lowest BCUT2D eigenvalue weighted by Crippen LogP contribution is -2.31. The number of aromatic nitrogens is 1. The normalized spacial score (nSPS) is 13.9. The summed E-state index contributed by atoms with van der Waals surface area (Å²) in [6, 6.07) is 13.8. The van der Waals surface area contributed by atoms with E-state index in [1.807, 2.05) is 31.2 Å². The minimum absolute atomic E-state index is 0.0657. The third kappa shape index (κ3) is 3.69. The number of hydrogen-bond acceptors (Lipinski definition) is 4. The Bertz CT molecular complexity index is 989. The molecule has 27 heavy (non-hydrogen) atoms. The second-order valence-corrected chi connectivity index (χ2v) is 6.41. The van der Waals surface area contributed by atoms with Crippen LogP contribution >= 0.6 is 0 Å². The van der Waals surface area contributed by atoms with Crippen molar-refractivity contribution < 1.29 is 18.7 Å². The van der Waals surface area contributed by atoms with Crippen LogP contribution in [0.25, 0.3) is 10.9 Å². The number of carbonyl (C=O) groups excluding carboxylic acids is 1. The Morgan fingerprint density at radius 2 is 2.00 bits per heavy atom. The number of pyridine rings is 1. The monoisotopic (exact) mass is 366 g/mol. The zero-order valence-electron chi connectivity index (χ0n) is 14.9. The molecule has 0 fully saturated rings. The maximum absolute atomic E-state index is 13.1. The fourth-order valence-corrected chi connectivity index (χ4v) is 3.14. The number of fused-ring (bicyclic) bond motifs is 2. The smallest absolute Gasteiger partial charge is 0.261 e. The number of halogens is 1. The molecule has 3 aromatic rings. The van der Waals surface area contributed by atoms with Crippen LogP contribution in [-0.2, 0) is 17.9 Å². The van der Waals surface area contributed by atoms with E-state index in [4.69, 9.17) is 9.47 Å². The van der Waals surface area contributed by atoms with Gasteiger partial charge >= 0.3 is 0 Å². The molecular formula is C21H19FN2O3. The molecule has 1 aromatic heterocycles. The fraction of sp³-hybridized carbons (Fsp3) is 0.238. The van der Waals surface area contributed by atoms with Crippen molar-refractivity contribution >= 4 is 16.8 Å². The highest BCUT2D eigenvalue weighted by molar-refractivity contribution is 5.83. The molecule has 6 heteroatoms. The minimum atomic E-state index is -0.296. The first-order chi connectivity index (χ1) is 13.1. The Balaban J connectivity index is 1.65. The molecule has 0 N–H and O–H groups in total. The van der Waals surface area contributed by atoms with Crippen LogP contribution in [0, 0.1) is 5.82 Å². The molecule has 1 aliphatic heterocycles. The Morgan fingerprint density at radius 3 is 2.78 bits per heavy atom. The van der Waals surface area contributed by atoms with Crippen molar-refractivity contribution in [3.63, 3.8) is 0 Å². The standard InChI is InChI=1S/C21H19FN2O3/c1-2-26-18-7-8-19-15(10-18)9-16-12-24(20(25)13-27-21(16)23-19)11-14-3-5-17(22)6-4-14/h3-10H,2,11-13H2,1H3. The highest BCUT2D eigenvalue weighted by Gasteiger charge is 2.23. The number of carbonyl (C=O) groups is 1. The highest BCUT2D eigenvalue weighted by Crippen LogP contribution is 2.28. The third-order valence-electron chi connectivity index (χ3n) is 4.47. The summed E-state index contributed by atoms with van der Waals surface area (Å²) in [7, 11) is 0. The van der Waals surface area contributed by atoms with Gasteiger partial charge in [-0.05, 0) is 48.9 Å². The lowest BCUT2D eigenvalue weighted by Gasteiger charge is -2.20. The van der Waals surface area contributed by atoms with Crippen molar-refractivity contribution in [2.75, 3.05) is 13.2 Å². The van der Waals surface area contributed by atoms with Gasteiger partial charge in [0.25, 0.3) is 5.91 Å². The summed E-state index contributed by atoms with van der Waals surface area (Å²) >= 11 is 0. The molecule has 0 radical (unpaired) electrons. The summed E-state index contributed by atoms with van der Waals surface area (Å²) in [5.41, 5.74) is 2.49. The zero-order chi connectivity index (χ0) is 18.8. The molecule has 0 saturated heterocycles. The van der Waals surface area contributed by atoms with Gasteiger partial charge in [0.15, 0.2) is 6.61 Å². The van der Waals surface area contributed by atoms with Gasteiger partial charge in [-0.3, -0.25) is 4.79 Å². The molecule has 0 aliphatic carbocycles. The molecule has 2 aromatic carbocycles. The molecule has 1 amide bonds. The predicted molar refractivity (Wildman–Crippen MR) is 99.1 cm³/mol. The molecule has 2 heterocycles. The van der Waals surface area contributed by atoms with E-state index in [9.17, 15) is 9.18 Å². The number of amides is 1.